The molecule has 0 bridgehead atoms. The first-order chi connectivity index (χ1) is 11.2. The van der Waals surface area contributed by atoms with E-state index in [4.69, 9.17) is 17.3 Å². The lowest BCUT2D eigenvalue weighted by Crippen LogP contribution is -2.55. The summed E-state index contributed by atoms with van der Waals surface area (Å²) in [6.45, 7) is 5.05. The first-order valence-electron chi connectivity index (χ1n) is 7.94. The van der Waals surface area contributed by atoms with Crippen molar-refractivity contribution < 1.29 is 19.2 Å². The number of halogens is 1. The number of likely N-dealkylation sites (tertiary alicyclic amines) is 1. The Labute approximate surface area is 146 Å². The van der Waals surface area contributed by atoms with Crippen LogP contribution in [0, 0.1) is 0 Å². The molecule has 24 heavy (non-hydrogen) atoms. The topological polar surface area (TPSA) is 122 Å². The lowest BCUT2D eigenvalue weighted by atomic mass is 10.1. The van der Waals surface area contributed by atoms with E-state index in [2.05, 4.69) is 10.6 Å². The van der Waals surface area contributed by atoms with Gasteiger partial charge in [0, 0.05) is 6.54 Å². The zero-order chi connectivity index (χ0) is 18.4. The molecule has 1 saturated heterocycles. The number of carbonyl (C=O) groups is 4. The fraction of sp³-hybridized carbons (Fsp3) is 0.733. The van der Waals surface area contributed by atoms with Crippen LogP contribution in [0.5, 0.6) is 0 Å². The molecule has 3 amide bonds. The molecule has 1 aliphatic rings. The van der Waals surface area contributed by atoms with Gasteiger partial charge in [0.05, 0.1) is 18.0 Å². The molecule has 1 heterocycles. The fourth-order valence-electron chi connectivity index (χ4n) is 2.46. The molecule has 1 fully saturated rings. The molecule has 0 aromatic carbocycles. The van der Waals surface area contributed by atoms with Crippen LogP contribution >= 0.6 is 11.6 Å². The molecule has 0 aromatic rings. The van der Waals surface area contributed by atoms with Gasteiger partial charge in [-0.1, -0.05) is 0 Å². The molecule has 0 aromatic heterocycles. The van der Waals surface area contributed by atoms with E-state index in [1.165, 1.54) is 11.8 Å². The predicted molar refractivity (Wildman–Crippen MR) is 89.3 cm³/mol. The van der Waals surface area contributed by atoms with Gasteiger partial charge in [-0.3, -0.25) is 19.2 Å². The van der Waals surface area contributed by atoms with Gasteiger partial charge in [-0.15, -0.1) is 11.6 Å². The van der Waals surface area contributed by atoms with Crippen molar-refractivity contribution in [1.82, 2.24) is 15.5 Å². The molecule has 136 valence electrons. The maximum absolute atomic E-state index is 12.5. The minimum absolute atomic E-state index is 0.185. The monoisotopic (exact) mass is 360 g/mol. The van der Waals surface area contributed by atoms with E-state index in [0.717, 1.165) is 0 Å². The average molecular weight is 361 g/mol. The van der Waals surface area contributed by atoms with Gasteiger partial charge in [0.25, 0.3) is 0 Å². The van der Waals surface area contributed by atoms with E-state index < -0.39 is 36.0 Å². The highest BCUT2D eigenvalue weighted by Crippen LogP contribution is 2.18. The standard InChI is InChI=1S/C15H25ClN4O4/c1-8(17)13(22)19-10(3)15(24)20-6-4-5-11(20)14(23)18-9(2)12(21)7-16/h8-11H,4-7,17H2,1-3H3,(H,18,23)(H,19,22)/t8-,9-,10-,11-/m0/s1. The van der Waals surface area contributed by atoms with Gasteiger partial charge in [-0.25, -0.2) is 0 Å². The van der Waals surface area contributed by atoms with Crippen LogP contribution in [0.3, 0.4) is 0 Å². The van der Waals surface area contributed by atoms with Gasteiger partial charge in [0.2, 0.25) is 17.7 Å². The number of nitrogens with two attached hydrogens (primary N) is 1. The summed E-state index contributed by atoms with van der Waals surface area (Å²) in [5.74, 6) is -1.65. The maximum Gasteiger partial charge on any atom is 0.245 e. The maximum atomic E-state index is 12.5. The molecule has 0 aliphatic carbocycles. The number of hydrogen-bond acceptors (Lipinski definition) is 5. The molecule has 0 spiro atoms. The van der Waals surface area contributed by atoms with Gasteiger partial charge in [-0.2, -0.15) is 0 Å². The Morgan fingerprint density at radius 3 is 2.33 bits per heavy atom. The van der Waals surface area contributed by atoms with Crippen LogP contribution in [-0.4, -0.2) is 65.0 Å². The van der Waals surface area contributed by atoms with E-state index in [1.54, 1.807) is 13.8 Å². The molecule has 1 rings (SSSR count). The zero-order valence-electron chi connectivity index (χ0n) is 14.2. The van der Waals surface area contributed by atoms with E-state index >= 15 is 0 Å². The second-order valence-electron chi connectivity index (χ2n) is 6.04. The quantitative estimate of drug-likeness (QED) is 0.510. The lowest BCUT2D eigenvalue weighted by Gasteiger charge is -2.28. The average Bonchev–Trinajstić information content (AvgIpc) is 3.02. The Morgan fingerprint density at radius 2 is 1.79 bits per heavy atom. The van der Waals surface area contributed by atoms with Crippen LogP contribution in [0.4, 0.5) is 0 Å². The Balaban J connectivity index is 2.70. The molecule has 0 radical (unpaired) electrons. The number of nitrogens with one attached hydrogen (secondary N) is 2. The zero-order valence-corrected chi connectivity index (χ0v) is 14.9. The molecule has 4 N–H and O–H groups in total. The van der Waals surface area contributed by atoms with E-state index in [-0.39, 0.29) is 17.6 Å². The second-order valence-corrected chi connectivity index (χ2v) is 6.31. The van der Waals surface area contributed by atoms with Crippen molar-refractivity contribution in [3.63, 3.8) is 0 Å². The molecular weight excluding hydrogens is 336 g/mol. The van der Waals surface area contributed by atoms with Crippen LogP contribution in [0.25, 0.3) is 0 Å². The molecular formula is C15H25ClN4O4. The van der Waals surface area contributed by atoms with Gasteiger partial charge in [0.15, 0.2) is 5.78 Å². The second kappa shape index (κ2) is 8.98. The number of ketones is 1. The van der Waals surface area contributed by atoms with Crippen molar-refractivity contribution in [2.75, 3.05) is 12.4 Å². The van der Waals surface area contributed by atoms with E-state index in [0.29, 0.717) is 19.4 Å². The largest absolute Gasteiger partial charge is 0.345 e. The summed E-state index contributed by atoms with van der Waals surface area (Å²) in [7, 11) is 0. The summed E-state index contributed by atoms with van der Waals surface area (Å²) in [5, 5.41) is 5.11. The third kappa shape index (κ3) is 5.17. The molecule has 8 nitrogen and oxygen atoms in total. The van der Waals surface area contributed by atoms with Gasteiger partial charge in [0.1, 0.15) is 12.1 Å². The summed E-state index contributed by atoms with van der Waals surface area (Å²) >= 11 is 5.47. The van der Waals surface area contributed by atoms with E-state index in [9.17, 15) is 19.2 Å². The number of nitrogens with zero attached hydrogens (tertiary/aromatic N) is 1. The van der Waals surface area contributed by atoms with Crippen molar-refractivity contribution in [2.24, 2.45) is 5.73 Å². The van der Waals surface area contributed by atoms with Crippen LogP contribution < -0.4 is 16.4 Å². The molecule has 0 saturated carbocycles. The normalized spacial score (nSPS) is 20.9. The number of alkyl halides is 1. The number of hydrogen-bond donors (Lipinski definition) is 3. The summed E-state index contributed by atoms with van der Waals surface area (Å²) in [6.07, 6.45) is 1.18. The smallest absolute Gasteiger partial charge is 0.245 e. The number of amides is 3. The summed E-state index contributed by atoms with van der Waals surface area (Å²) in [5.41, 5.74) is 5.47. The minimum atomic E-state index is -0.779. The molecule has 9 heteroatoms. The summed E-state index contributed by atoms with van der Waals surface area (Å²) < 4.78 is 0. The van der Waals surface area contributed by atoms with Gasteiger partial charge < -0.3 is 21.3 Å². The number of Topliss-reactive ketones (excluding diaryl/α,β-unsaturated/α-hetero) is 1. The highest BCUT2D eigenvalue weighted by Gasteiger charge is 2.37. The van der Waals surface area contributed by atoms with Crippen molar-refractivity contribution in [2.45, 2.75) is 57.8 Å². The highest BCUT2D eigenvalue weighted by molar-refractivity contribution is 6.28. The number of carbonyl (C=O) groups excluding carboxylic acids is 4. The Hall–Kier alpha value is -1.67. The van der Waals surface area contributed by atoms with Crippen molar-refractivity contribution in [1.29, 1.82) is 0 Å². The van der Waals surface area contributed by atoms with Crippen LogP contribution in [0.1, 0.15) is 33.6 Å². The Bertz CT molecular complexity index is 512. The third-order valence-corrected chi connectivity index (χ3v) is 4.22. The van der Waals surface area contributed by atoms with Gasteiger partial charge in [-0.05, 0) is 33.6 Å². The first-order valence-corrected chi connectivity index (χ1v) is 8.48. The third-order valence-electron chi connectivity index (χ3n) is 3.95. The van der Waals surface area contributed by atoms with Crippen LogP contribution in [0.15, 0.2) is 0 Å². The van der Waals surface area contributed by atoms with E-state index in [1.807, 2.05) is 0 Å². The highest BCUT2D eigenvalue weighted by atomic mass is 35.5. The molecule has 0 unspecified atom stereocenters. The SMILES string of the molecule is C[C@H](N)C(=O)N[C@@H](C)C(=O)N1CCC[C@H]1C(=O)N[C@@H](C)C(=O)CCl. The van der Waals surface area contributed by atoms with Crippen molar-refractivity contribution in [3.05, 3.63) is 0 Å². The summed E-state index contributed by atoms with van der Waals surface area (Å²) in [4.78, 5) is 49.4. The predicted octanol–water partition coefficient (Wildman–Crippen LogP) is -0.858. The molecule has 4 atom stereocenters. The minimum Gasteiger partial charge on any atom is -0.345 e. The van der Waals surface area contributed by atoms with Crippen LogP contribution in [0.2, 0.25) is 0 Å². The molecule has 1 aliphatic heterocycles. The lowest BCUT2D eigenvalue weighted by molar-refractivity contribution is -0.141. The van der Waals surface area contributed by atoms with Crippen molar-refractivity contribution >= 4 is 35.1 Å². The Morgan fingerprint density at radius 1 is 1.17 bits per heavy atom. The summed E-state index contributed by atoms with van der Waals surface area (Å²) in [6, 6.07) is -2.86. The van der Waals surface area contributed by atoms with Crippen molar-refractivity contribution in [3.8, 4) is 0 Å². The fourth-order valence-corrected chi connectivity index (χ4v) is 2.70. The first kappa shape index (κ1) is 20.4. The Kier molecular flexibility index (Phi) is 7.62. The number of rotatable bonds is 7. The van der Waals surface area contributed by atoms with Gasteiger partial charge >= 0.3 is 0 Å². The van der Waals surface area contributed by atoms with Crippen LogP contribution in [-0.2, 0) is 19.2 Å².